The van der Waals surface area contributed by atoms with E-state index in [-0.39, 0.29) is 11.5 Å². The van der Waals surface area contributed by atoms with E-state index in [0.717, 1.165) is 0 Å². The van der Waals surface area contributed by atoms with Crippen molar-refractivity contribution in [2.75, 3.05) is 20.6 Å². The number of phenolic OH excluding ortho intramolecular Hbond substituents is 1. The highest BCUT2D eigenvalue weighted by molar-refractivity contribution is 5.97. The third-order valence-corrected chi connectivity index (χ3v) is 2.78. The number of aromatic hydroxyl groups is 1. The highest BCUT2D eigenvalue weighted by Gasteiger charge is 2.06. The first kappa shape index (κ1) is 14.9. The van der Waals surface area contributed by atoms with Crippen LogP contribution in [0.4, 0.5) is 11.4 Å². The van der Waals surface area contributed by atoms with Crippen LogP contribution in [0.1, 0.15) is 10.4 Å². The zero-order chi connectivity index (χ0) is 15.2. The Labute approximate surface area is 123 Å². The molecule has 0 atom stereocenters. The minimum absolute atomic E-state index is 0.0713. The highest BCUT2D eigenvalue weighted by atomic mass is 16.3. The summed E-state index contributed by atoms with van der Waals surface area (Å²) in [5.74, 6) is 0.264. The first-order chi connectivity index (χ1) is 10.0. The van der Waals surface area contributed by atoms with Gasteiger partial charge in [-0.25, -0.2) is 0 Å². The van der Waals surface area contributed by atoms with Gasteiger partial charge in [0.2, 0.25) is 0 Å². The Morgan fingerprint density at radius 3 is 1.90 bits per heavy atom. The fraction of sp³-hybridized carbons (Fsp3) is 0.188. The number of ketones is 1. The number of azo groups is 1. The smallest absolute Gasteiger partial charge is 0.176 e. The Kier molecular flexibility index (Phi) is 4.79. The lowest BCUT2D eigenvalue weighted by Gasteiger charge is -2.07. The molecule has 21 heavy (non-hydrogen) atoms. The van der Waals surface area contributed by atoms with Crippen molar-refractivity contribution in [2.45, 2.75) is 0 Å². The molecule has 2 aromatic rings. The minimum Gasteiger partial charge on any atom is -0.508 e. The number of hydrogen-bond acceptors (Lipinski definition) is 5. The van der Waals surface area contributed by atoms with Crippen molar-refractivity contribution in [3.05, 3.63) is 54.1 Å². The molecule has 0 heterocycles. The molecular formula is C16H17N3O2. The molecule has 108 valence electrons. The summed E-state index contributed by atoms with van der Waals surface area (Å²) in [7, 11) is 3.72. The van der Waals surface area contributed by atoms with Gasteiger partial charge in [0.15, 0.2) is 5.78 Å². The van der Waals surface area contributed by atoms with Crippen molar-refractivity contribution in [1.29, 1.82) is 0 Å². The monoisotopic (exact) mass is 283 g/mol. The quantitative estimate of drug-likeness (QED) is 0.674. The summed E-state index contributed by atoms with van der Waals surface area (Å²) < 4.78 is 0. The lowest BCUT2D eigenvalue weighted by Crippen LogP contribution is -2.21. The molecule has 0 saturated heterocycles. The van der Waals surface area contributed by atoms with Crippen molar-refractivity contribution in [3.8, 4) is 5.75 Å². The van der Waals surface area contributed by atoms with Gasteiger partial charge in [0.25, 0.3) is 0 Å². The zero-order valence-electron chi connectivity index (χ0n) is 12.0. The summed E-state index contributed by atoms with van der Waals surface area (Å²) in [4.78, 5) is 13.7. The van der Waals surface area contributed by atoms with E-state index < -0.39 is 0 Å². The number of phenols is 1. The van der Waals surface area contributed by atoms with Gasteiger partial charge in [-0.05, 0) is 62.6 Å². The summed E-state index contributed by atoms with van der Waals surface area (Å²) >= 11 is 0. The van der Waals surface area contributed by atoms with Crippen LogP contribution in [0.2, 0.25) is 0 Å². The molecule has 0 bridgehead atoms. The predicted molar refractivity (Wildman–Crippen MR) is 81.6 cm³/mol. The maximum absolute atomic E-state index is 11.9. The molecule has 0 saturated carbocycles. The lowest BCUT2D eigenvalue weighted by molar-refractivity contribution is 0.0958. The first-order valence-corrected chi connectivity index (χ1v) is 6.53. The zero-order valence-corrected chi connectivity index (χ0v) is 12.0. The first-order valence-electron chi connectivity index (χ1n) is 6.53. The van der Waals surface area contributed by atoms with Crippen molar-refractivity contribution in [1.82, 2.24) is 4.90 Å². The van der Waals surface area contributed by atoms with Gasteiger partial charge < -0.3 is 10.0 Å². The van der Waals surface area contributed by atoms with Crippen LogP contribution in [0, 0.1) is 0 Å². The average Bonchev–Trinajstić information content (AvgIpc) is 2.46. The lowest BCUT2D eigenvalue weighted by atomic mass is 10.1. The standard InChI is InChI=1S/C16H17N3O2/c1-19(2)11-16(21)12-3-5-13(6-4-12)17-18-14-7-9-15(20)10-8-14/h3-10,20H,11H2,1-2H3. The molecule has 0 aliphatic carbocycles. The number of likely N-dealkylation sites (N-methyl/N-ethyl adjacent to an activating group) is 1. The van der Waals surface area contributed by atoms with Gasteiger partial charge in [0, 0.05) is 5.56 Å². The van der Waals surface area contributed by atoms with Gasteiger partial charge in [0.05, 0.1) is 17.9 Å². The van der Waals surface area contributed by atoms with Crippen molar-refractivity contribution in [3.63, 3.8) is 0 Å². The molecule has 5 heteroatoms. The van der Waals surface area contributed by atoms with Crippen LogP contribution in [-0.2, 0) is 0 Å². The molecule has 5 nitrogen and oxygen atoms in total. The fourth-order valence-electron chi connectivity index (χ4n) is 1.73. The van der Waals surface area contributed by atoms with Crippen LogP contribution in [0.3, 0.4) is 0 Å². The van der Waals surface area contributed by atoms with E-state index in [1.54, 1.807) is 48.5 Å². The van der Waals surface area contributed by atoms with Crippen LogP contribution in [0.15, 0.2) is 58.8 Å². The molecule has 0 aliphatic heterocycles. The van der Waals surface area contributed by atoms with Gasteiger partial charge >= 0.3 is 0 Å². The molecular weight excluding hydrogens is 266 g/mol. The summed E-state index contributed by atoms with van der Waals surface area (Å²) in [6.45, 7) is 0.383. The molecule has 0 radical (unpaired) electrons. The summed E-state index contributed by atoms with van der Waals surface area (Å²) in [5.41, 5.74) is 1.98. The van der Waals surface area contributed by atoms with Crippen LogP contribution in [-0.4, -0.2) is 36.4 Å². The SMILES string of the molecule is CN(C)CC(=O)c1ccc(N=Nc2ccc(O)cc2)cc1. The van der Waals surface area contributed by atoms with Crippen molar-refractivity contribution in [2.24, 2.45) is 10.2 Å². The summed E-state index contributed by atoms with van der Waals surface area (Å²) in [6.07, 6.45) is 0. The van der Waals surface area contributed by atoms with Crippen LogP contribution in [0.25, 0.3) is 0 Å². The number of nitrogens with zero attached hydrogens (tertiary/aromatic N) is 3. The second-order valence-electron chi connectivity index (χ2n) is 4.92. The molecule has 0 unspecified atom stereocenters. The predicted octanol–water partition coefficient (Wildman–Crippen LogP) is 3.55. The Bertz CT molecular complexity index is 632. The number of rotatable bonds is 5. The van der Waals surface area contributed by atoms with E-state index in [0.29, 0.717) is 23.5 Å². The van der Waals surface area contributed by atoms with Crippen LogP contribution >= 0.6 is 0 Å². The molecule has 0 amide bonds. The Morgan fingerprint density at radius 2 is 1.43 bits per heavy atom. The molecule has 0 spiro atoms. The maximum Gasteiger partial charge on any atom is 0.176 e. The van der Waals surface area contributed by atoms with Gasteiger partial charge in [0.1, 0.15) is 5.75 Å². The van der Waals surface area contributed by atoms with E-state index in [2.05, 4.69) is 10.2 Å². The molecule has 2 aromatic carbocycles. The minimum atomic E-state index is 0.0713. The third-order valence-electron chi connectivity index (χ3n) is 2.78. The second-order valence-corrected chi connectivity index (χ2v) is 4.92. The maximum atomic E-state index is 11.9. The van der Waals surface area contributed by atoms with E-state index >= 15 is 0 Å². The van der Waals surface area contributed by atoms with Crippen LogP contribution in [0.5, 0.6) is 5.75 Å². The highest BCUT2D eigenvalue weighted by Crippen LogP contribution is 2.20. The molecule has 0 fully saturated rings. The largest absolute Gasteiger partial charge is 0.508 e. The molecule has 1 N–H and O–H groups in total. The average molecular weight is 283 g/mol. The Balaban J connectivity index is 2.05. The normalized spacial score (nSPS) is 11.2. The van der Waals surface area contributed by atoms with E-state index in [1.165, 1.54) is 0 Å². The molecule has 0 aliphatic rings. The van der Waals surface area contributed by atoms with E-state index in [9.17, 15) is 9.90 Å². The van der Waals surface area contributed by atoms with Crippen molar-refractivity contribution >= 4 is 17.2 Å². The van der Waals surface area contributed by atoms with E-state index in [4.69, 9.17) is 0 Å². The fourth-order valence-corrected chi connectivity index (χ4v) is 1.73. The number of hydrogen-bond donors (Lipinski definition) is 1. The van der Waals surface area contributed by atoms with Crippen LogP contribution < -0.4 is 0 Å². The Morgan fingerprint density at radius 1 is 0.952 bits per heavy atom. The number of Topliss-reactive ketones (excluding diaryl/α,β-unsaturated/α-hetero) is 1. The Hall–Kier alpha value is -2.53. The summed E-state index contributed by atoms with van der Waals surface area (Å²) in [5, 5.41) is 17.3. The van der Waals surface area contributed by atoms with Gasteiger partial charge in [-0.2, -0.15) is 10.2 Å². The number of carbonyl (C=O) groups excluding carboxylic acids is 1. The number of benzene rings is 2. The topological polar surface area (TPSA) is 65.3 Å². The summed E-state index contributed by atoms with van der Waals surface area (Å²) in [6, 6.07) is 13.5. The third kappa shape index (κ3) is 4.50. The second kappa shape index (κ2) is 6.76. The molecule has 0 aromatic heterocycles. The van der Waals surface area contributed by atoms with Gasteiger partial charge in [-0.3, -0.25) is 4.79 Å². The van der Waals surface area contributed by atoms with E-state index in [1.807, 2.05) is 19.0 Å². The van der Waals surface area contributed by atoms with Gasteiger partial charge in [-0.1, -0.05) is 0 Å². The number of carbonyl (C=O) groups is 1. The molecule has 2 rings (SSSR count). The van der Waals surface area contributed by atoms with Gasteiger partial charge in [-0.15, -0.1) is 0 Å². The van der Waals surface area contributed by atoms with Crippen molar-refractivity contribution < 1.29 is 9.90 Å².